The van der Waals surface area contributed by atoms with E-state index in [1.165, 1.54) is 5.39 Å². The van der Waals surface area contributed by atoms with Gasteiger partial charge in [-0.25, -0.2) is 0 Å². The van der Waals surface area contributed by atoms with Crippen LogP contribution >= 0.6 is 11.8 Å². The molecule has 6 nitrogen and oxygen atoms in total. The molecule has 5 rings (SSSR count). The molecule has 0 aliphatic heterocycles. The van der Waals surface area contributed by atoms with Gasteiger partial charge in [-0.05, 0) is 65.2 Å². The van der Waals surface area contributed by atoms with Crippen LogP contribution in [0.3, 0.4) is 0 Å². The highest BCUT2D eigenvalue weighted by molar-refractivity contribution is 7.99. The Kier molecular flexibility index (Phi) is 5.25. The Bertz CT molecular complexity index is 1440. The number of aromatic amines is 1. The van der Waals surface area contributed by atoms with Crippen molar-refractivity contribution in [2.24, 2.45) is 0 Å². The zero-order valence-corrected chi connectivity index (χ0v) is 18.0. The summed E-state index contributed by atoms with van der Waals surface area (Å²) in [7, 11) is 0. The summed E-state index contributed by atoms with van der Waals surface area (Å²) in [6, 6.07) is 24.7. The number of carboxylic acid groups (broad SMARTS) is 1. The standard InChI is InChI=1S/C25H19N3O3S/c1-15-6-9-22(31-15)20-11-19(18-8-7-16-4-2-3-5-17(16)10-18)12-21(13-20)24-26-25(28-27-24)32-14-23(29)30/h2-13H,14H2,1H3,(H,29,30)(H,26,27,28). The normalized spacial score (nSPS) is 11.2. The highest BCUT2D eigenvalue weighted by Crippen LogP contribution is 2.34. The molecule has 0 aliphatic rings. The minimum Gasteiger partial charge on any atom is -0.481 e. The molecule has 2 N–H and O–H groups in total. The number of furan rings is 1. The number of carbonyl (C=O) groups is 1. The van der Waals surface area contributed by atoms with Crippen LogP contribution in [0.2, 0.25) is 0 Å². The van der Waals surface area contributed by atoms with Gasteiger partial charge in [0, 0.05) is 11.1 Å². The molecule has 0 spiro atoms. The summed E-state index contributed by atoms with van der Waals surface area (Å²) in [5.74, 6) is 1.20. The average Bonchev–Trinajstić information content (AvgIpc) is 3.46. The van der Waals surface area contributed by atoms with E-state index in [0.29, 0.717) is 11.0 Å². The van der Waals surface area contributed by atoms with Crippen molar-refractivity contribution in [1.29, 1.82) is 0 Å². The second kappa shape index (κ2) is 8.36. The molecule has 2 heterocycles. The molecule has 0 saturated heterocycles. The Morgan fingerprint density at radius 1 is 0.906 bits per heavy atom. The van der Waals surface area contributed by atoms with Crippen molar-refractivity contribution in [2.75, 3.05) is 5.75 Å². The number of benzene rings is 3. The molecule has 0 saturated carbocycles. The van der Waals surface area contributed by atoms with Gasteiger partial charge in [-0.15, -0.1) is 10.2 Å². The van der Waals surface area contributed by atoms with E-state index in [9.17, 15) is 4.79 Å². The third kappa shape index (κ3) is 4.15. The number of carboxylic acids is 1. The van der Waals surface area contributed by atoms with Crippen LogP contribution in [-0.2, 0) is 4.79 Å². The van der Waals surface area contributed by atoms with Gasteiger partial charge < -0.3 is 14.5 Å². The van der Waals surface area contributed by atoms with Crippen LogP contribution in [0, 0.1) is 6.92 Å². The van der Waals surface area contributed by atoms with E-state index in [2.05, 4.69) is 57.6 Å². The maximum atomic E-state index is 10.9. The second-order valence-electron chi connectivity index (χ2n) is 7.43. The lowest BCUT2D eigenvalue weighted by atomic mass is 9.96. The lowest BCUT2D eigenvalue weighted by Gasteiger charge is -2.09. The number of nitrogens with zero attached hydrogens (tertiary/aromatic N) is 2. The number of thioether (sulfide) groups is 1. The fourth-order valence-corrected chi connectivity index (χ4v) is 4.13. The van der Waals surface area contributed by atoms with Crippen LogP contribution in [0.25, 0.3) is 44.6 Å². The largest absolute Gasteiger partial charge is 0.481 e. The summed E-state index contributed by atoms with van der Waals surface area (Å²) in [5, 5.41) is 20.0. The molecular formula is C25H19N3O3S. The number of hydrogen-bond acceptors (Lipinski definition) is 5. The van der Waals surface area contributed by atoms with Crippen LogP contribution in [0.5, 0.6) is 0 Å². The van der Waals surface area contributed by atoms with Gasteiger partial charge in [0.2, 0.25) is 0 Å². The summed E-state index contributed by atoms with van der Waals surface area (Å²) in [6.45, 7) is 1.92. The first-order valence-electron chi connectivity index (χ1n) is 10.0. The van der Waals surface area contributed by atoms with Gasteiger partial charge in [0.1, 0.15) is 11.5 Å². The molecule has 7 heteroatoms. The Hall–Kier alpha value is -3.84. The summed E-state index contributed by atoms with van der Waals surface area (Å²) in [4.78, 5) is 14.0. The fraction of sp³-hybridized carbons (Fsp3) is 0.0800. The molecule has 0 bridgehead atoms. The van der Waals surface area contributed by atoms with Crippen LogP contribution in [0.15, 0.2) is 82.4 Å². The zero-order valence-electron chi connectivity index (χ0n) is 17.2. The highest BCUT2D eigenvalue weighted by Gasteiger charge is 2.13. The Balaban J connectivity index is 1.61. The van der Waals surface area contributed by atoms with Crippen LogP contribution < -0.4 is 0 Å². The number of aryl methyl sites for hydroxylation is 1. The van der Waals surface area contributed by atoms with Gasteiger partial charge >= 0.3 is 5.97 Å². The summed E-state index contributed by atoms with van der Waals surface area (Å²) < 4.78 is 5.88. The van der Waals surface area contributed by atoms with Gasteiger partial charge in [0.25, 0.3) is 0 Å². The lowest BCUT2D eigenvalue weighted by Crippen LogP contribution is -1.97. The molecule has 32 heavy (non-hydrogen) atoms. The molecular weight excluding hydrogens is 422 g/mol. The molecule has 5 aromatic rings. The van der Waals surface area contributed by atoms with Gasteiger partial charge in [-0.3, -0.25) is 4.79 Å². The van der Waals surface area contributed by atoms with Crippen molar-refractivity contribution in [3.05, 3.63) is 78.6 Å². The fourth-order valence-electron chi connectivity index (χ4n) is 3.60. The second-order valence-corrected chi connectivity index (χ2v) is 8.40. The smallest absolute Gasteiger partial charge is 0.313 e. The molecule has 0 radical (unpaired) electrons. The number of hydrogen-bond donors (Lipinski definition) is 2. The topological polar surface area (TPSA) is 92.0 Å². The summed E-state index contributed by atoms with van der Waals surface area (Å²) in [6.07, 6.45) is 0. The molecule has 0 unspecified atom stereocenters. The van der Waals surface area contributed by atoms with E-state index >= 15 is 0 Å². The number of aromatic nitrogens is 3. The third-order valence-corrected chi connectivity index (χ3v) is 5.96. The van der Waals surface area contributed by atoms with Crippen molar-refractivity contribution in [2.45, 2.75) is 12.1 Å². The van der Waals surface area contributed by atoms with Crippen LogP contribution in [0.1, 0.15) is 5.76 Å². The maximum absolute atomic E-state index is 10.9. The average molecular weight is 442 g/mol. The highest BCUT2D eigenvalue weighted by atomic mass is 32.2. The van der Waals surface area contributed by atoms with Crippen molar-refractivity contribution in [1.82, 2.24) is 15.2 Å². The van der Waals surface area contributed by atoms with E-state index < -0.39 is 5.97 Å². The number of H-pyrrole nitrogens is 1. The Labute approximate surface area is 188 Å². The summed E-state index contributed by atoms with van der Waals surface area (Å²) >= 11 is 1.10. The van der Waals surface area contributed by atoms with Gasteiger partial charge in [0.15, 0.2) is 11.0 Å². The van der Waals surface area contributed by atoms with Gasteiger partial charge in [-0.1, -0.05) is 48.2 Å². The van der Waals surface area contributed by atoms with E-state index in [1.54, 1.807) is 0 Å². The van der Waals surface area contributed by atoms with Crippen molar-refractivity contribution < 1.29 is 14.3 Å². The van der Waals surface area contributed by atoms with Crippen LogP contribution in [-0.4, -0.2) is 32.0 Å². The van der Waals surface area contributed by atoms with E-state index in [1.807, 2.05) is 37.3 Å². The lowest BCUT2D eigenvalue weighted by molar-refractivity contribution is -0.133. The van der Waals surface area contributed by atoms with Gasteiger partial charge in [0.05, 0.1) is 5.75 Å². The SMILES string of the molecule is Cc1ccc(-c2cc(-c3ccc4ccccc4c3)cc(-c3nnc(SCC(=O)O)[nH]3)c2)o1. The Morgan fingerprint density at radius 3 is 2.47 bits per heavy atom. The molecule has 0 atom stereocenters. The van der Waals surface area contributed by atoms with Gasteiger partial charge in [-0.2, -0.15) is 0 Å². The number of nitrogens with one attached hydrogen (secondary N) is 1. The number of rotatable bonds is 6. The minimum atomic E-state index is -0.901. The zero-order chi connectivity index (χ0) is 22.1. The molecule has 2 aromatic heterocycles. The molecule has 3 aromatic carbocycles. The number of aliphatic carboxylic acids is 1. The van der Waals surface area contributed by atoms with E-state index in [-0.39, 0.29) is 5.75 Å². The quantitative estimate of drug-likeness (QED) is 0.312. The van der Waals surface area contributed by atoms with Crippen molar-refractivity contribution in [3.8, 4) is 33.8 Å². The monoisotopic (exact) mass is 441 g/mol. The van der Waals surface area contributed by atoms with Crippen LogP contribution in [0.4, 0.5) is 0 Å². The minimum absolute atomic E-state index is 0.0807. The first-order chi connectivity index (χ1) is 15.5. The van der Waals surface area contributed by atoms with E-state index in [0.717, 1.165) is 50.9 Å². The van der Waals surface area contributed by atoms with Crippen molar-refractivity contribution in [3.63, 3.8) is 0 Å². The van der Waals surface area contributed by atoms with E-state index in [4.69, 9.17) is 9.52 Å². The number of fused-ring (bicyclic) bond motifs is 1. The predicted octanol–water partition coefficient (Wildman–Crippen LogP) is 6.04. The van der Waals surface area contributed by atoms with Crippen molar-refractivity contribution >= 4 is 28.5 Å². The maximum Gasteiger partial charge on any atom is 0.313 e. The first kappa shape index (κ1) is 20.1. The first-order valence-corrected chi connectivity index (χ1v) is 11.0. The third-order valence-electron chi connectivity index (χ3n) is 5.11. The predicted molar refractivity (Wildman–Crippen MR) is 126 cm³/mol. The Morgan fingerprint density at radius 2 is 1.69 bits per heavy atom. The molecule has 0 fully saturated rings. The molecule has 158 valence electrons. The summed E-state index contributed by atoms with van der Waals surface area (Å²) in [5.41, 5.74) is 3.87. The molecule has 0 aliphatic carbocycles. The molecule has 0 amide bonds.